The predicted octanol–water partition coefficient (Wildman–Crippen LogP) is 2.01. The second kappa shape index (κ2) is 5.51. The Morgan fingerprint density at radius 2 is 2.18 bits per heavy atom. The fourth-order valence-electron chi connectivity index (χ4n) is 1.67. The zero-order chi connectivity index (χ0) is 12.3. The molecule has 2 rings (SSSR count). The first kappa shape index (κ1) is 12.4. The zero-order valence-corrected chi connectivity index (χ0v) is 11.2. The number of ketones is 1. The molecule has 1 aromatic carbocycles. The van der Waals surface area contributed by atoms with Gasteiger partial charge in [-0.05, 0) is 35.1 Å². The van der Waals surface area contributed by atoms with Crippen LogP contribution in [0.15, 0.2) is 16.6 Å². The Bertz CT molecular complexity index is 434. The monoisotopic (exact) mass is 299 g/mol. The van der Waals surface area contributed by atoms with E-state index in [4.69, 9.17) is 9.47 Å². The number of rotatable bonds is 3. The van der Waals surface area contributed by atoms with Crippen molar-refractivity contribution >= 4 is 21.7 Å². The van der Waals surface area contributed by atoms with Crippen molar-refractivity contribution in [1.29, 1.82) is 0 Å². The Labute approximate surface area is 108 Å². The highest BCUT2D eigenvalue weighted by atomic mass is 79.9. The van der Waals surface area contributed by atoms with Crippen molar-refractivity contribution < 1.29 is 14.3 Å². The van der Waals surface area contributed by atoms with Gasteiger partial charge in [-0.2, -0.15) is 0 Å². The highest BCUT2D eigenvalue weighted by molar-refractivity contribution is 9.10. The number of nitrogens with one attached hydrogen (secondary N) is 1. The fourth-order valence-corrected chi connectivity index (χ4v) is 2.34. The molecule has 0 radical (unpaired) electrons. The summed E-state index contributed by atoms with van der Waals surface area (Å²) in [6.45, 7) is 1.55. The van der Waals surface area contributed by atoms with Crippen LogP contribution in [0.25, 0.3) is 0 Å². The summed E-state index contributed by atoms with van der Waals surface area (Å²) in [5.41, 5.74) is 0.614. The van der Waals surface area contributed by atoms with Crippen LogP contribution >= 0.6 is 15.9 Å². The molecular weight excluding hydrogens is 286 g/mol. The minimum atomic E-state index is 0.0232. The summed E-state index contributed by atoms with van der Waals surface area (Å²) in [5.74, 6) is 1.34. The third-order valence-electron chi connectivity index (χ3n) is 2.49. The van der Waals surface area contributed by atoms with Crippen LogP contribution in [0, 0.1) is 0 Å². The van der Waals surface area contributed by atoms with E-state index in [1.165, 1.54) is 0 Å². The summed E-state index contributed by atoms with van der Waals surface area (Å²) in [6.07, 6.45) is 0.848. The summed E-state index contributed by atoms with van der Waals surface area (Å²) < 4.78 is 11.8. The van der Waals surface area contributed by atoms with Crippen molar-refractivity contribution in [2.75, 3.05) is 26.8 Å². The molecule has 0 unspecified atom stereocenters. The van der Waals surface area contributed by atoms with E-state index in [0.717, 1.165) is 6.42 Å². The number of fused-ring (bicyclic) bond motifs is 1. The first-order valence-corrected chi connectivity index (χ1v) is 6.29. The highest BCUT2D eigenvalue weighted by Gasteiger charge is 2.19. The Morgan fingerprint density at radius 3 is 2.94 bits per heavy atom. The maximum atomic E-state index is 11.8. The second-order valence-corrected chi connectivity index (χ2v) is 4.55. The molecule has 1 N–H and O–H groups in total. The van der Waals surface area contributed by atoms with Gasteiger partial charge in [0.25, 0.3) is 0 Å². The first-order chi connectivity index (χ1) is 8.24. The molecule has 0 bridgehead atoms. The fraction of sp³-hybridized carbons (Fsp3) is 0.417. The van der Waals surface area contributed by atoms with Gasteiger partial charge in [0.2, 0.25) is 0 Å². The number of hydrogen-bond acceptors (Lipinski definition) is 4. The average molecular weight is 300 g/mol. The predicted molar refractivity (Wildman–Crippen MR) is 68.0 cm³/mol. The summed E-state index contributed by atoms with van der Waals surface area (Å²) in [6, 6.07) is 3.55. The van der Waals surface area contributed by atoms with E-state index in [0.29, 0.717) is 41.3 Å². The molecule has 1 heterocycles. The molecule has 92 valence electrons. The van der Waals surface area contributed by atoms with Gasteiger partial charge in [-0.3, -0.25) is 4.79 Å². The maximum absolute atomic E-state index is 11.8. The molecule has 1 aliphatic rings. The van der Waals surface area contributed by atoms with Gasteiger partial charge in [-0.25, -0.2) is 0 Å². The van der Waals surface area contributed by atoms with Crippen LogP contribution in [0.5, 0.6) is 11.5 Å². The number of carbonyl (C=O) groups excluding carboxylic acids is 1. The van der Waals surface area contributed by atoms with Crippen LogP contribution in [0.1, 0.15) is 16.8 Å². The Balaban J connectivity index is 2.37. The van der Waals surface area contributed by atoms with Crippen LogP contribution < -0.4 is 14.8 Å². The molecule has 1 aliphatic heterocycles. The normalized spacial score (nSPS) is 14.2. The van der Waals surface area contributed by atoms with Gasteiger partial charge in [0.1, 0.15) is 0 Å². The van der Waals surface area contributed by atoms with Gasteiger partial charge in [0, 0.05) is 12.0 Å². The molecule has 0 saturated carbocycles. The lowest BCUT2D eigenvalue weighted by Gasteiger charge is -2.12. The Hall–Kier alpha value is -1.07. The van der Waals surface area contributed by atoms with E-state index in [2.05, 4.69) is 21.2 Å². The van der Waals surface area contributed by atoms with E-state index < -0.39 is 0 Å². The minimum absolute atomic E-state index is 0.0232. The van der Waals surface area contributed by atoms with E-state index in [1.807, 2.05) is 0 Å². The summed E-state index contributed by atoms with van der Waals surface area (Å²) in [5, 5.41) is 2.84. The van der Waals surface area contributed by atoms with E-state index in [-0.39, 0.29) is 5.78 Å². The zero-order valence-electron chi connectivity index (χ0n) is 9.59. The van der Waals surface area contributed by atoms with Crippen molar-refractivity contribution in [2.45, 2.75) is 6.42 Å². The molecule has 0 amide bonds. The lowest BCUT2D eigenvalue weighted by molar-refractivity contribution is 0.0992. The molecule has 1 aromatic rings. The first-order valence-electron chi connectivity index (χ1n) is 5.50. The van der Waals surface area contributed by atoms with Gasteiger partial charge in [-0.1, -0.05) is 0 Å². The van der Waals surface area contributed by atoms with Crippen molar-refractivity contribution in [2.24, 2.45) is 0 Å². The van der Waals surface area contributed by atoms with Crippen molar-refractivity contribution in [1.82, 2.24) is 5.32 Å². The number of hydrogen-bond donors (Lipinski definition) is 1. The molecule has 0 atom stereocenters. The maximum Gasteiger partial charge on any atom is 0.177 e. The smallest absolute Gasteiger partial charge is 0.177 e. The summed E-state index contributed by atoms with van der Waals surface area (Å²) in [7, 11) is 1.74. The Morgan fingerprint density at radius 1 is 1.41 bits per heavy atom. The lowest BCUT2D eigenvalue weighted by Crippen LogP contribution is -2.19. The van der Waals surface area contributed by atoms with Crippen molar-refractivity contribution in [3.63, 3.8) is 0 Å². The molecule has 0 spiro atoms. The lowest BCUT2D eigenvalue weighted by atomic mass is 10.1. The number of carbonyl (C=O) groups is 1. The van der Waals surface area contributed by atoms with Gasteiger partial charge in [0.15, 0.2) is 17.3 Å². The van der Waals surface area contributed by atoms with Crippen molar-refractivity contribution in [3.05, 3.63) is 22.2 Å². The van der Waals surface area contributed by atoms with E-state index in [1.54, 1.807) is 19.2 Å². The molecule has 5 heteroatoms. The molecule has 0 aromatic heterocycles. The third-order valence-corrected chi connectivity index (χ3v) is 3.28. The van der Waals surface area contributed by atoms with Crippen LogP contribution in [-0.2, 0) is 0 Å². The van der Waals surface area contributed by atoms with E-state index in [9.17, 15) is 4.79 Å². The number of likely N-dealkylation sites (N-methyl/N-ethyl adjacent to an activating group) is 1. The molecule has 4 nitrogen and oxygen atoms in total. The summed E-state index contributed by atoms with van der Waals surface area (Å²) in [4.78, 5) is 11.8. The number of benzene rings is 1. The van der Waals surface area contributed by atoms with Gasteiger partial charge in [-0.15, -0.1) is 0 Å². The van der Waals surface area contributed by atoms with Crippen LogP contribution in [0.2, 0.25) is 0 Å². The second-order valence-electron chi connectivity index (χ2n) is 3.76. The van der Waals surface area contributed by atoms with Crippen molar-refractivity contribution in [3.8, 4) is 11.5 Å². The van der Waals surface area contributed by atoms with Gasteiger partial charge < -0.3 is 14.8 Å². The minimum Gasteiger partial charge on any atom is -0.490 e. The van der Waals surface area contributed by atoms with Crippen LogP contribution in [0.3, 0.4) is 0 Å². The quantitative estimate of drug-likeness (QED) is 0.868. The largest absolute Gasteiger partial charge is 0.490 e. The highest BCUT2D eigenvalue weighted by Crippen LogP contribution is 2.39. The molecule has 0 saturated heterocycles. The Kier molecular flexibility index (Phi) is 4.02. The third kappa shape index (κ3) is 2.61. The average Bonchev–Trinajstić information content (AvgIpc) is 2.55. The molecule has 17 heavy (non-hydrogen) atoms. The molecule has 0 fully saturated rings. The summed E-state index contributed by atoms with van der Waals surface area (Å²) >= 11 is 3.42. The molecule has 0 aliphatic carbocycles. The topological polar surface area (TPSA) is 47.6 Å². The number of halogens is 1. The van der Waals surface area contributed by atoms with E-state index >= 15 is 0 Å². The number of Topliss-reactive ketones (excluding diaryl/α,β-unsaturated/α-hetero) is 1. The van der Waals surface area contributed by atoms with Crippen LogP contribution in [-0.4, -0.2) is 32.6 Å². The molecular formula is C12H14BrNO3. The van der Waals surface area contributed by atoms with Crippen LogP contribution in [0.4, 0.5) is 0 Å². The number of ether oxygens (including phenoxy) is 2. The SMILES string of the molecule is CNCC(=O)c1ccc2c(c1Br)OCCCO2. The standard InChI is InChI=1S/C12H14BrNO3/c1-14-7-9(15)8-3-4-10-12(11(8)13)17-6-2-5-16-10/h3-4,14H,2,5-7H2,1H3. The van der Waals surface area contributed by atoms with Gasteiger partial charge >= 0.3 is 0 Å². The van der Waals surface area contributed by atoms with Gasteiger partial charge in [0.05, 0.1) is 24.2 Å².